The van der Waals surface area contributed by atoms with E-state index in [0.717, 1.165) is 0 Å². The van der Waals surface area contributed by atoms with E-state index in [1.807, 2.05) is 113 Å². The van der Waals surface area contributed by atoms with Gasteiger partial charge in [0.15, 0.2) is 15.0 Å². The topological polar surface area (TPSA) is 67.1 Å². The first-order valence-electron chi connectivity index (χ1n) is 7.01. The number of nitrogens with one attached hydrogen (secondary N) is 2. The van der Waals surface area contributed by atoms with E-state index in [0.29, 0.717) is 0 Å². The summed E-state index contributed by atoms with van der Waals surface area (Å²) in [5, 5.41) is 16.3. The second-order valence-electron chi connectivity index (χ2n) is 6.22. The average molecular weight is 429 g/mol. The van der Waals surface area contributed by atoms with Crippen LogP contribution in [0, 0.1) is 10.3 Å². The van der Waals surface area contributed by atoms with Crippen LogP contribution in [0.4, 0.5) is 0 Å². The van der Waals surface area contributed by atoms with Crippen LogP contribution in [-0.4, -0.2) is 113 Å². The summed E-state index contributed by atoms with van der Waals surface area (Å²) in [5.74, 6) is 0. The minimum Gasteiger partial charge on any atom is -0.277 e. The van der Waals surface area contributed by atoms with Gasteiger partial charge in [-0.1, -0.05) is 0 Å². The molecule has 8 nitrogen and oxygen atoms in total. The first kappa shape index (κ1) is 32.5. The van der Waals surface area contributed by atoms with Crippen LogP contribution in [-0.2, 0) is 0 Å². The number of nitrogens with zero attached hydrogens (tertiary/aromatic N) is 6. The number of hydrogen-bond donors (Lipinski definition) is 2. The van der Waals surface area contributed by atoms with Crippen LogP contribution in [0.25, 0.3) is 0 Å². The molecule has 0 amide bonds. The molecule has 2 N–H and O–H groups in total. The van der Waals surface area contributed by atoms with Gasteiger partial charge in [-0.3, -0.25) is 38.3 Å². The maximum Gasteiger partial charge on any atom is 0.163 e. The highest BCUT2D eigenvalue weighted by molar-refractivity contribution is 7.57. The molecular weight excluding hydrogens is 389 g/mol. The highest BCUT2D eigenvalue weighted by atomic mass is 35.5. The number of halogens is 2. The lowest BCUT2D eigenvalue weighted by Crippen LogP contribution is -2.29. The van der Waals surface area contributed by atoms with Crippen LogP contribution in [0.1, 0.15) is 0 Å². The van der Waals surface area contributed by atoms with E-state index in [9.17, 15) is 0 Å². The van der Waals surface area contributed by atoms with Gasteiger partial charge in [0.25, 0.3) is 0 Å². The molecule has 0 aromatic rings. The van der Waals surface area contributed by atoms with Gasteiger partial charge in [-0.25, -0.2) is 0 Å². The predicted octanol–water partition coefficient (Wildman–Crippen LogP) is 3.24. The Morgan fingerprint density at radius 1 is 0.375 bits per heavy atom. The standard InChI is InChI=1S/2C6H19N4P.2ClH/c2*1-8(2)11(7,9(3)4)10(5)6;;/h2*7H,1-6H3;2*1H. The quantitative estimate of drug-likeness (QED) is 0.632. The molecule has 0 radical (unpaired) electrons. The van der Waals surface area contributed by atoms with Gasteiger partial charge < -0.3 is 0 Å². The van der Waals surface area contributed by atoms with Crippen LogP contribution in [0.3, 0.4) is 0 Å². The molecule has 0 saturated heterocycles. The van der Waals surface area contributed by atoms with Crippen molar-refractivity contribution in [1.29, 1.82) is 10.3 Å². The summed E-state index contributed by atoms with van der Waals surface area (Å²) in [4.78, 5) is 0. The smallest absolute Gasteiger partial charge is 0.163 e. The highest BCUT2D eigenvalue weighted by Crippen LogP contribution is 2.52. The fourth-order valence-corrected chi connectivity index (χ4v) is 6.44. The molecule has 0 fully saturated rings. The third-order valence-corrected chi connectivity index (χ3v) is 10.0. The van der Waals surface area contributed by atoms with Crippen molar-refractivity contribution in [2.24, 2.45) is 0 Å². The summed E-state index contributed by atoms with van der Waals surface area (Å²) < 4.78 is 11.8. The fraction of sp³-hybridized carbons (Fsp3) is 1.00. The van der Waals surface area contributed by atoms with Crippen LogP contribution >= 0.6 is 39.8 Å². The summed E-state index contributed by atoms with van der Waals surface area (Å²) in [7, 11) is 19.5. The van der Waals surface area contributed by atoms with Gasteiger partial charge in [0.05, 0.1) is 0 Å². The van der Waals surface area contributed by atoms with Crippen molar-refractivity contribution in [1.82, 2.24) is 28.0 Å². The molecule has 0 aromatic heterocycles. The van der Waals surface area contributed by atoms with Gasteiger partial charge in [-0.15, -0.1) is 24.8 Å². The average Bonchev–Trinajstić information content (AvgIpc) is 2.35. The van der Waals surface area contributed by atoms with Crippen LogP contribution < -0.4 is 0 Å². The Kier molecular flexibility index (Phi) is 17.6. The lowest BCUT2D eigenvalue weighted by atomic mass is 11.2. The minimum absolute atomic E-state index is 0. The van der Waals surface area contributed by atoms with E-state index in [1.165, 1.54) is 0 Å². The first-order chi connectivity index (χ1) is 9.66. The van der Waals surface area contributed by atoms with E-state index in [2.05, 4.69) is 0 Å². The minimum atomic E-state index is -1.94. The first-order valence-corrected chi connectivity index (χ1v) is 10.3. The molecular formula is C12H40Cl2N8P2. The molecule has 0 heterocycles. The third kappa shape index (κ3) is 8.00. The Labute approximate surface area is 163 Å². The molecule has 0 aliphatic carbocycles. The van der Waals surface area contributed by atoms with Gasteiger partial charge in [0.2, 0.25) is 0 Å². The predicted molar refractivity (Wildman–Crippen MR) is 116 cm³/mol. The highest BCUT2D eigenvalue weighted by Gasteiger charge is 2.25. The SMILES string of the molecule is CN(C)P(=N)(N(C)C)N(C)C.CN(C)P(=N)(N(C)C)N(C)C.Cl.Cl. The molecule has 0 aromatic carbocycles. The van der Waals surface area contributed by atoms with Crippen molar-refractivity contribution in [2.45, 2.75) is 0 Å². The summed E-state index contributed by atoms with van der Waals surface area (Å²) in [6.07, 6.45) is 0. The van der Waals surface area contributed by atoms with Crippen LogP contribution in [0.15, 0.2) is 0 Å². The zero-order valence-electron chi connectivity index (χ0n) is 17.4. The molecule has 0 unspecified atom stereocenters. The van der Waals surface area contributed by atoms with Gasteiger partial charge in [0.1, 0.15) is 0 Å². The van der Waals surface area contributed by atoms with Crippen LogP contribution in [0.2, 0.25) is 0 Å². The number of hydrogen-bond acceptors (Lipinski definition) is 2. The monoisotopic (exact) mass is 428 g/mol. The molecule has 0 aliphatic rings. The normalized spacial score (nSPS) is 12.4. The molecule has 12 heteroatoms. The Morgan fingerprint density at radius 2 is 0.458 bits per heavy atom. The fourth-order valence-electron chi connectivity index (χ4n) is 2.15. The third-order valence-electron chi connectivity index (χ3n) is 3.35. The van der Waals surface area contributed by atoms with Crippen molar-refractivity contribution in [3.8, 4) is 0 Å². The van der Waals surface area contributed by atoms with E-state index in [4.69, 9.17) is 10.3 Å². The maximum absolute atomic E-state index is 8.17. The largest absolute Gasteiger partial charge is 0.277 e. The van der Waals surface area contributed by atoms with Crippen molar-refractivity contribution in [2.75, 3.05) is 84.6 Å². The van der Waals surface area contributed by atoms with Gasteiger partial charge in [-0.05, 0) is 84.6 Å². The summed E-state index contributed by atoms with van der Waals surface area (Å²) in [6.45, 7) is 0. The van der Waals surface area contributed by atoms with E-state index < -0.39 is 15.0 Å². The van der Waals surface area contributed by atoms with Gasteiger partial charge >= 0.3 is 0 Å². The molecule has 0 spiro atoms. The Balaban J connectivity index is -0.000000154. The van der Waals surface area contributed by atoms with Crippen molar-refractivity contribution in [3.63, 3.8) is 0 Å². The molecule has 0 saturated carbocycles. The van der Waals surface area contributed by atoms with E-state index >= 15 is 0 Å². The Bertz CT molecular complexity index is 319. The summed E-state index contributed by atoms with van der Waals surface area (Å²) in [5.41, 5.74) is 0. The maximum atomic E-state index is 8.17. The Hall–Kier alpha value is 0.800. The molecule has 24 heavy (non-hydrogen) atoms. The van der Waals surface area contributed by atoms with E-state index in [1.54, 1.807) is 0 Å². The molecule has 0 atom stereocenters. The van der Waals surface area contributed by atoms with Crippen molar-refractivity contribution < 1.29 is 0 Å². The Morgan fingerprint density at radius 3 is 0.458 bits per heavy atom. The van der Waals surface area contributed by atoms with Gasteiger partial charge in [0, 0.05) is 0 Å². The molecule has 0 bridgehead atoms. The second kappa shape index (κ2) is 13.0. The van der Waals surface area contributed by atoms with Crippen molar-refractivity contribution in [3.05, 3.63) is 0 Å². The molecule has 152 valence electrons. The molecule has 0 aliphatic heterocycles. The lowest BCUT2D eigenvalue weighted by Gasteiger charge is -2.39. The lowest BCUT2D eigenvalue weighted by molar-refractivity contribution is 0.470. The van der Waals surface area contributed by atoms with Crippen LogP contribution in [0.5, 0.6) is 0 Å². The zero-order valence-corrected chi connectivity index (χ0v) is 20.8. The zero-order chi connectivity index (χ0) is 18.5. The summed E-state index contributed by atoms with van der Waals surface area (Å²) >= 11 is 0. The summed E-state index contributed by atoms with van der Waals surface area (Å²) in [6, 6.07) is 0. The van der Waals surface area contributed by atoms with Gasteiger partial charge in [-0.2, -0.15) is 0 Å². The number of rotatable bonds is 6. The van der Waals surface area contributed by atoms with E-state index in [-0.39, 0.29) is 24.8 Å². The molecule has 0 rings (SSSR count). The second-order valence-corrected chi connectivity index (χ2v) is 13.3. The van der Waals surface area contributed by atoms with Crippen molar-refractivity contribution >= 4 is 39.8 Å².